The van der Waals surface area contributed by atoms with Gasteiger partial charge in [0.1, 0.15) is 11.4 Å². The van der Waals surface area contributed by atoms with Crippen molar-refractivity contribution in [3.8, 4) is 5.69 Å². The normalized spacial score (nSPS) is 11.0. The van der Waals surface area contributed by atoms with Gasteiger partial charge in [0.25, 0.3) is 5.91 Å². The second-order valence-electron chi connectivity index (χ2n) is 5.43. The average Bonchev–Trinajstić information content (AvgIpc) is 3.24. The first-order valence-corrected chi connectivity index (χ1v) is 7.88. The highest BCUT2D eigenvalue weighted by molar-refractivity contribution is 6.39. The molecule has 0 unspecified atom stereocenters. The highest BCUT2D eigenvalue weighted by Crippen LogP contribution is 2.28. The lowest BCUT2D eigenvalue weighted by molar-refractivity contribution is 0.102. The fourth-order valence-corrected chi connectivity index (χ4v) is 2.94. The van der Waals surface area contributed by atoms with E-state index in [9.17, 15) is 9.18 Å². The number of hydrogen-bond donors (Lipinski definition) is 2. The summed E-state index contributed by atoms with van der Waals surface area (Å²) in [5.41, 5.74) is 1.62. The predicted molar refractivity (Wildman–Crippen MR) is 94.8 cm³/mol. The van der Waals surface area contributed by atoms with Gasteiger partial charge in [0.2, 0.25) is 0 Å². The Morgan fingerprint density at radius 2 is 2.04 bits per heavy atom. The van der Waals surface area contributed by atoms with Gasteiger partial charge in [0, 0.05) is 29.0 Å². The van der Waals surface area contributed by atoms with Gasteiger partial charge in [-0.25, -0.2) is 9.07 Å². The van der Waals surface area contributed by atoms with E-state index in [1.165, 1.54) is 10.7 Å². The van der Waals surface area contributed by atoms with Gasteiger partial charge in [-0.1, -0.05) is 29.8 Å². The van der Waals surface area contributed by atoms with Crippen LogP contribution < -0.4 is 5.32 Å². The zero-order valence-corrected chi connectivity index (χ0v) is 13.6. The first kappa shape index (κ1) is 15.4. The molecule has 2 N–H and O–H groups in total. The number of fused-ring (bicyclic) bond motifs is 1. The number of aromatic nitrogens is 3. The third kappa shape index (κ3) is 2.77. The molecule has 5 nitrogen and oxygen atoms in total. The van der Waals surface area contributed by atoms with E-state index in [1.807, 2.05) is 24.3 Å². The molecule has 0 atom stereocenters. The van der Waals surface area contributed by atoms with Crippen molar-refractivity contribution >= 4 is 34.1 Å². The van der Waals surface area contributed by atoms with Crippen LogP contribution in [0.4, 0.5) is 10.1 Å². The van der Waals surface area contributed by atoms with E-state index in [2.05, 4.69) is 15.4 Å². The van der Waals surface area contributed by atoms with Crippen LogP contribution in [-0.2, 0) is 0 Å². The Kier molecular flexibility index (Phi) is 3.74. The molecule has 0 fully saturated rings. The number of nitrogens with one attached hydrogen (secondary N) is 2. The predicted octanol–water partition coefficient (Wildman–Crippen LogP) is 4.40. The molecule has 0 aliphatic rings. The van der Waals surface area contributed by atoms with E-state index in [-0.39, 0.29) is 5.69 Å². The standard InChI is InChI=1S/C18H12ClFN4O/c19-16-12-4-1-2-5-14(12)23-17(16)18(25)22-11-6-7-15(13(20)10-11)24-9-3-8-21-24/h1-10,23H,(H,22,25). The number of anilines is 1. The van der Waals surface area contributed by atoms with Crippen molar-refractivity contribution in [2.45, 2.75) is 0 Å². The van der Waals surface area contributed by atoms with E-state index in [4.69, 9.17) is 11.6 Å². The third-order valence-corrected chi connectivity index (χ3v) is 4.22. The summed E-state index contributed by atoms with van der Waals surface area (Å²) >= 11 is 6.26. The van der Waals surface area contributed by atoms with Crippen LogP contribution in [0.25, 0.3) is 16.6 Å². The average molecular weight is 355 g/mol. The summed E-state index contributed by atoms with van der Waals surface area (Å²) in [5.74, 6) is -0.934. The number of nitrogens with zero attached hydrogens (tertiary/aromatic N) is 2. The highest BCUT2D eigenvalue weighted by atomic mass is 35.5. The quantitative estimate of drug-likeness (QED) is 0.573. The summed E-state index contributed by atoms with van der Waals surface area (Å²) in [6.07, 6.45) is 3.20. The molecular weight excluding hydrogens is 343 g/mol. The van der Waals surface area contributed by atoms with Crippen molar-refractivity contribution in [3.63, 3.8) is 0 Å². The number of para-hydroxylation sites is 1. The fraction of sp³-hybridized carbons (Fsp3) is 0. The van der Waals surface area contributed by atoms with Gasteiger partial charge in [-0.15, -0.1) is 0 Å². The molecule has 4 rings (SSSR count). The summed E-state index contributed by atoms with van der Waals surface area (Å²) in [6, 6.07) is 13.4. The Hall–Kier alpha value is -3.12. The maximum atomic E-state index is 14.3. The summed E-state index contributed by atoms with van der Waals surface area (Å²) in [5, 5.41) is 7.73. The minimum absolute atomic E-state index is 0.236. The van der Waals surface area contributed by atoms with Gasteiger partial charge in [0.15, 0.2) is 5.82 Å². The molecule has 0 aliphatic heterocycles. The molecular formula is C18H12ClFN4O. The van der Waals surface area contributed by atoms with Gasteiger partial charge < -0.3 is 10.3 Å². The second kappa shape index (κ2) is 6.07. The minimum atomic E-state index is -0.496. The van der Waals surface area contributed by atoms with Crippen LogP contribution in [0.3, 0.4) is 0 Å². The molecule has 2 aromatic heterocycles. The van der Waals surface area contributed by atoms with Gasteiger partial charge in [0.05, 0.1) is 5.02 Å². The van der Waals surface area contributed by atoms with Gasteiger partial charge in [-0.3, -0.25) is 4.79 Å². The van der Waals surface area contributed by atoms with Gasteiger partial charge in [-0.2, -0.15) is 5.10 Å². The van der Waals surface area contributed by atoms with Crippen molar-refractivity contribution in [2.75, 3.05) is 5.32 Å². The lowest BCUT2D eigenvalue weighted by atomic mass is 10.2. The zero-order valence-electron chi connectivity index (χ0n) is 12.8. The van der Waals surface area contributed by atoms with Crippen LogP contribution in [0, 0.1) is 5.82 Å². The molecule has 2 heterocycles. The van der Waals surface area contributed by atoms with E-state index in [0.717, 1.165) is 10.9 Å². The molecule has 0 aliphatic carbocycles. The van der Waals surface area contributed by atoms with Gasteiger partial charge in [-0.05, 0) is 30.3 Å². The Bertz CT molecular complexity index is 1070. The van der Waals surface area contributed by atoms with Crippen molar-refractivity contribution in [3.05, 3.63) is 77.5 Å². The first-order chi connectivity index (χ1) is 12.1. The molecule has 7 heteroatoms. The number of hydrogen-bond acceptors (Lipinski definition) is 2. The van der Waals surface area contributed by atoms with Crippen LogP contribution in [-0.4, -0.2) is 20.7 Å². The summed E-state index contributed by atoms with van der Waals surface area (Å²) < 4.78 is 15.7. The van der Waals surface area contributed by atoms with E-state index in [0.29, 0.717) is 16.4 Å². The topological polar surface area (TPSA) is 62.7 Å². The molecule has 1 amide bonds. The lowest BCUT2D eigenvalue weighted by Gasteiger charge is -2.08. The number of carbonyl (C=O) groups excluding carboxylic acids is 1. The summed E-state index contributed by atoms with van der Waals surface area (Å²) in [4.78, 5) is 15.4. The second-order valence-corrected chi connectivity index (χ2v) is 5.81. The van der Waals surface area contributed by atoms with Crippen molar-refractivity contribution in [1.82, 2.24) is 14.8 Å². The van der Waals surface area contributed by atoms with Crippen molar-refractivity contribution in [1.29, 1.82) is 0 Å². The fourth-order valence-electron chi connectivity index (χ4n) is 2.64. The van der Waals surface area contributed by atoms with Crippen molar-refractivity contribution < 1.29 is 9.18 Å². The minimum Gasteiger partial charge on any atom is -0.349 e. The molecule has 0 saturated carbocycles. The lowest BCUT2D eigenvalue weighted by Crippen LogP contribution is -2.13. The Labute approximate surface area is 147 Å². The van der Waals surface area contributed by atoms with Gasteiger partial charge >= 0.3 is 0 Å². The number of H-pyrrole nitrogens is 1. The molecule has 0 radical (unpaired) electrons. The number of benzene rings is 2. The first-order valence-electron chi connectivity index (χ1n) is 7.50. The smallest absolute Gasteiger partial charge is 0.273 e. The van der Waals surface area contributed by atoms with E-state index < -0.39 is 11.7 Å². The summed E-state index contributed by atoms with van der Waals surface area (Å²) in [7, 11) is 0. The third-order valence-electron chi connectivity index (χ3n) is 3.83. The van der Waals surface area contributed by atoms with Crippen molar-refractivity contribution in [2.24, 2.45) is 0 Å². The molecule has 0 spiro atoms. The van der Waals surface area contributed by atoms with Crippen LogP contribution in [0.15, 0.2) is 60.9 Å². The number of halogens is 2. The van der Waals surface area contributed by atoms with Crippen LogP contribution >= 0.6 is 11.6 Å². The van der Waals surface area contributed by atoms with Crippen LogP contribution in [0.1, 0.15) is 10.5 Å². The number of amides is 1. The van der Waals surface area contributed by atoms with E-state index >= 15 is 0 Å². The van der Waals surface area contributed by atoms with Crippen LogP contribution in [0.2, 0.25) is 5.02 Å². The molecule has 0 saturated heterocycles. The largest absolute Gasteiger partial charge is 0.349 e. The monoisotopic (exact) mass is 354 g/mol. The van der Waals surface area contributed by atoms with Crippen LogP contribution in [0.5, 0.6) is 0 Å². The Morgan fingerprint density at radius 1 is 1.20 bits per heavy atom. The summed E-state index contributed by atoms with van der Waals surface area (Å²) in [6.45, 7) is 0. The molecule has 4 aromatic rings. The Morgan fingerprint density at radius 3 is 2.76 bits per heavy atom. The number of aromatic amines is 1. The maximum Gasteiger partial charge on any atom is 0.273 e. The molecule has 124 valence electrons. The zero-order chi connectivity index (χ0) is 17.4. The van der Waals surface area contributed by atoms with E-state index in [1.54, 1.807) is 30.6 Å². The molecule has 2 aromatic carbocycles. The number of carbonyl (C=O) groups is 1. The highest BCUT2D eigenvalue weighted by Gasteiger charge is 2.17. The SMILES string of the molecule is O=C(Nc1ccc(-n2cccn2)c(F)c1)c1[nH]c2ccccc2c1Cl. The maximum absolute atomic E-state index is 14.3. The Balaban J connectivity index is 1.62. The molecule has 25 heavy (non-hydrogen) atoms. The number of rotatable bonds is 3. The molecule has 0 bridgehead atoms.